The number of rotatable bonds is 3. The molecule has 0 heterocycles. The molecule has 2 unspecified atom stereocenters. The maximum atomic E-state index is 7.88. The molecule has 2 heteroatoms. The summed E-state index contributed by atoms with van der Waals surface area (Å²) in [5.74, 6) is 0.986. The van der Waals surface area contributed by atoms with Crippen molar-refractivity contribution in [1.82, 2.24) is 5.32 Å². The van der Waals surface area contributed by atoms with Crippen LogP contribution in [-0.2, 0) is 0 Å². The lowest BCUT2D eigenvalue weighted by Gasteiger charge is -2.35. The fourth-order valence-corrected chi connectivity index (χ4v) is 1.44. The van der Waals surface area contributed by atoms with E-state index in [4.69, 9.17) is 5.11 Å². The number of hydrogen-bond donors (Lipinski definition) is 2. The third kappa shape index (κ3) is 4.07. The molecule has 0 bridgehead atoms. The Balaban J connectivity index is 0.000000261. The maximum Gasteiger partial charge on any atom is 0.0428 e. The highest BCUT2D eigenvalue weighted by molar-refractivity contribution is 4.84. The SMILES string of the molecule is CCC1CCC1NC.CCCO. The van der Waals surface area contributed by atoms with Crippen LogP contribution >= 0.6 is 0 Å². The van der Waals surface area contributed by atoms with E-state index in [0.29, 0.717) is 6.61 Å². The van der Waals surface area contributed by atoms with E-state index in [9.17, 15) is 0 Å². The lowest BCUT2D eigenvalue weighted by molar-refractivity contribution is 0.215. The predicted octanol–water partition coefficient (Wildman–Crippen LogP) is 1.78. The molecule has 12 heavy (non-hydrogen) atoms. The third-order valence-electron chi connectivity index (χ3n) is 2.54. The summed E-state index contributed by atoms with van der Waals surface area (Å²) >= 11 is 0. The summed E-state index contributed by atoms with van der Waals surface area (Å²) in [6.07, 6.45) is 5.07. The smallest absolute Gasteiger partial charge is 0.0428 e. The summed E-state index contributed by atoms with van der Waals surface area (Å²) in [7, 11) is 2.06. The summed E-state index contributed by atoms with van der Waals surface area (Å²) < 4.78 is 0. The highest BCUT2D eigenvalue weighted by atomic mass is 16.2. The number of nitrogens with one attached hydrogen (secondary N) is 1. The Labute approximate surface area is 76.4 Å². The molecule has 1 saturated carbocycles. The fraction of sp³-hybridized carbons (Fsp3) is 1.00. The van der Waals surface area contributed by atoms with Gasteiger partial charge in [0.25, 0.3) is 0 Å². The van der Waals surface area contributed by atoms with Crippen LogP contribution in [-0.4, -0.2) is 24.8 Å². The zero-order valence-corrected chi connectivity index (χ0v) is 8.64. The number of aliphatic hydroxyl groups excluding tert-OH is 1. The quantitative estimate of drug-likeness (QED) is 0.682. The molecule has 1 aliphatic rings. The van der Waals surface area contributed by atoms with Gasteiger partial charge in [-0.05, 0) is 32.2 Å². The van der Waals surface area contributed by atoms with Gasteiger partial charge < -0.3 is 10.4 Å². The minimum absolute atomic E-state index is 0.319. The van der Waals surface area contributed by atoms with Crippen molar-refractivity contribution < 1.29 is 5.11 Å². The molecule has 0 spiro atoms. The predicted molar refractivity (Wildman–Crippen MR) is 53.2 cm³/mol. The summed E-state index contributed by atoms with van der Waals surface area (Å²) in [5, 5.41) is 11.2. The van der Waals surface area contributed by atoms with Crippen LogP contribution in [0.4, 0.5) is 0 Å². The van der Waals surface area contributed by atoms with Crippen molar-refractivity contribution in [2.45, 2.75) is 45.6 Å². The van der Waals surface area contributed by atoms with Gasteiger partial charge in [0.05, 0.1) is 0 Å². The molecule has 74 valence electrons. The molecule has 0 radical (unpaired) electrons. The Morgan fingerprint density at radius 2 is 1.92 bits per heavy atom. The van der Waals surface area contributed by atoms with Gasteiger partial charge in [0.2, 0.25) is 0 Å². The van der Waals surface area contributed by atoms with E-state index >= 15 is 0 Å². The Morgan fingerprint density at radius 1 is 1.33 bits per heavy atom. The molecule has 0 aliphatic heterocycles. The van der Waals surface area contributed by atoms with Crippen molar-refractivity contribution in [2.24, 2.45) is 5.92 Å². The van der Waals surface area contributed by atoms with Gasteiger partial charge >= 0.3 is 0 Å². The molecular weight excluding hydrogens is 150 g/mol. The molecular formula is C10H23NO. The molecule has 0 saturated heterocycles. The van der Waals surface area contributed by atoms with E-state index in [1.165, 1.54) is 19.3 Å². The second-order valence-electron chi connectivity index (χ2n) is 3.36. The topological polar surface area (TPSA) is 32.3 Å². The van der Waals surface area contributed by atoms with Gasteiger partial charge in [-0.1, -0.05) is 20.3 Å². The van der Waals surface area contributed by atoms with Crippen molar-refractivity contribution in [3.63, 3.8) is 0 Å². The Kier molecular flexibility index (Phi) is 7.51. The van der Waals surface area contributed by atoms with Crippen LogP contribution < -0.4 is 5.32 Å². The zero-order valence-electron chi connectivity index (χ0n) is 8.64. The Bertz CT molecular complexity index is 79.8. The standard InChI is InChI=1S/C7H15N.C3H8O/c1-3-6-4-5-7(6)8-2;1-2-3-4/h6-8H,3-5H2,1-2H3;4H,2-3H2,1H3. The Morgan fingerprint density at radius 3 is 2.00 bits per heavy atom. The van der Waals surface area contributed by atoms with Gasteiger partial charge in [0, 0.05) is 12.6 Å². The van der Waals surface area contributed by atoms with E-state index in [0.717, 1.165) is 18.4 Å². The molecule has 0 aromatic heterocycles. The second-order valence-corrected chi connectivity index (χ2v) is 3.36. The van der Waals surface area contributed by atoms with Gasteiger partial charge in [0.15, 0.2) is 0 Å². The molecule has 2 N–H and O–H groups in total. The highest BCUT2D eigenvalue weighted by Gasteiger charge is 2.26. The van der Waals surface area contributed by atoms with Crippen molar-refractivity contribution in [2.75, 3.05) is 13.7 Å². The highest BCUT2D eigenvalue weighted by Crippen LogP contribution is 2.29. The summed E-state index contributed by atoms with van der Waals surface area (Å²) in [6.45, 7) is 4.52. The summed E-state index contributed by atoms with van der Waals surface area (Å²) in [6, 6.07) is 0.847. The van der Waals surface area contributed by atoms with E-state index in [1.54, 1.807) is 0 Å². The van der Waals surface area contributed by atoms with Gasteiger partial charge in [-0.3, -0.25) is 0 Å². The first-order valence-electron chi connectivity index (χ1n) is 5.08. The first-order valence-corrected chi connectivity index (χ1v) is 5.08. The maximum absolute atomic E-state index is 7.88. The molecule has 0 aromatic rings. The van der Waals surface area contributed by atoms with Crippen LogP contribution in [0, 0.1) is 5.92 Å². The van der Waals surface area contributed by atoms with Crippen molar-refractivity contribution in [3.8, 4) is 0 Å². The average molecular weight is 173 g/mol. The summed E-state index contributed by atoms with van der Waals surface area (Å²) in [5.41, 5.74) is 0. The van der Waals surface area contributed by atoms with Crippen LogP contribution in [0.25, 0.3) is 0 Å². The largest absolute Gasteiger partial charge is 0.396 e. The van der Waals surface area contributed by atoms with Crippen molar-refractivity contribution in [1.29, 1.82) is 0 Å². The summed E-state index contributed by atoms with van der Waals surface area (Å²) in [4.78, 5) is 0. The lowest BCUT2D eigenvalue weighted by Crippen LogP contribution is -2.41. The zero-order chi connectivity index (χ0) is 9.40. The van der Waals surface area contributed by atoms with Gasteiger partial charge in [0.1, 0.15) is 0 Å². The van der Waals surface area contributed by atoms with Crippen molar-refractivity contribution >= 4 is 0 Å². The van der Waals surface area contributed by atoms with Crippen LogP contribution in [0.2, 0.25) is 0 Å². The second kappa shape index (κ2) is 7.56. The fourth-order valence-electron chi connectivity index (χ4n) is 1.44. The first kappa shape index (κ1) is 11.9. The molecule has 1 rings (SSSR count). The molecule has 2 atom stereocenters. The third-order valence-corrected chi connectivity index (χ3v) is 2.54. The minimum Gasteiger partial charge on any atom is -0.396 e. The number of aliphatic hydroxyl groups is 1. The number of hydrogen-bond acceptors (Lipinski definition) is 2. The van der Waals surface area contributed by atoms with E-state index < -0.39 is 0 Å². The van der Waals surface area contributed by atoms with Crippen molar-refractivity contribution in [3.05, 3.63) is 0 Å². The molecule has 1 fully saturated rings. The van der Waals surface area contributed by atoms with Crippen LogP contribution in [0.5, 0.6) is 0 Å². The van der Waals surface area contributed by atoms with Crippen LogP contribution in [0.15, 0.2) is 0 Å². The van der Waals surface area contributed by atoms with Crippen LogP contribution in [0.1, 0.15) is 39.5 Å². The van der Waals surface area contributed by atoms with E-state index in [2.05, 4.69) is 19.3 Å². The molecule has 1 aliphatic carbocycles. The molecule has 2 nitrogen and oxygen atoms in total. The Hall–Kier alpha value is -0.0800. The first-order chi connectivity index (χ1) is 5.79. The van der Waals surface area contributed by atoms with Gasteiger partial charge in [-0.2, -0.15) is 0 Å². The van der Waals surface area contributed by atoms with E-state index in [1.807, 2.05) is 6.92 Å². The normalized spacial score (nSPS) is 27.0. The van der Waals surface area contributed by atoms with Crippen LogP contribution in [0.3, 0.4) is 0 Å². The average Bonchev–Trinajstić information content (AvgIpc) is 2.05. The monoisotopic (exact) mass is 173 g/mol. The molecule has 0 aromatic carbocycles. The van der Waals surface area contributed by atoms with Gasteiger partial charge in [-0.25, -0.2) is 0 Å². The molecule has 0 amide bonds. The van der Waals surface area contributed by atoms with Gasteiger partial charge in [-0.15, -0.1) is 0 Å². The van der Waals surface area contributed by atoms with E-state index in [-0.39, 0.29) is 0 Å². The lowest BCUT2D eigenvalue weighted by atomic mass is 9.78. The minimum atomic E-state index is 0.319.